The summed E-state index contributed by atoms with van der Waals surface area (Å²) in [6.45, 7) is 1.43. The molecule has 1 aliphatic carbocycles. The first-order valence-corrected chi connectivity index (χ1v) is 13.4. The molecule has 4 rings (SSSR count). The number of carboxylic acids is 1. The second kappa shape index (κ2) is 12.7. The van der Waals surface area contributed by atoms with E-state index in [-0.39, 0.29) is 47.8 Å². The molecule has 2 heterocycles. The van der Waals surface area contributed by atoms with Crippen molar-refractivity contribution in [3.63, 3.8) is 0 Å². The SMILES string of the molecule is O=C([O-])CCCCC(=O)N1CCC([C@H]2c3ncc(Br)cc3CCc3cc(Cl)cc(Br)c32)CC1.[Na+]. The number of unbranched alkanes of at least 4 members (excludes halogenated alkanes) is 1. The van der Waals surface area contributed by atoms with E-state index in [1.807, 2.05) is 17.2 Å². The van der Waals surface area contributed by atoms with Crippen LogP contribution in [0.15, 0.2) is 33.3 Å². The van der Waals surface area contributed by atoms with Crippen LogP contribution in [0.25, 0.3) is 0 Å². The molecule has 1 aromatic heterocycles. The number of carbonyl (C=O) groups is 2. The van der Waals surface area contributed by atoms with Crippen molar-refractivity contribution < 1.29 is 44.3 Å². The number of likely N-dealkylation sites (tertiary alicyclic amines) is 1. The molecule has 1 amide bonds. The third kappa shape index (κ3) is 6.65. The number of benzene rings is 1. The minimum atomic E-state index is -1.06. The molecule has 1 fully saturated rings. The molecule has 0 N–H and O–H groups in total. The zero-order valence-electron chi connectivity index (χ0n) is 19.3. The molecule has 0 unspecified atom stereocenters. The number of hydrogen-bond acceptors (Lipinski definition) is 4. The van der Waals surface area contributed by atoms with Gasteiger partial charge < -0.3 is 14.8 Å². The Morgan fingerprint density at radius 2 is 1.74 bits per heavy atom. The summed E-state index contributed by atoms with van der Waals surface area (Å²) in [5.74, 6) is -0.421. The molecule has 0 bridgehead atoms. The molecule has 1 aromatic carbocycles. The molecule has 176 valence electrons. The van der Waals surface area contributed by atoms with Gasteiger partial charge in [-0.25, -0.2) is 0 Å². The van der Waals surface area contributed by atoms with Gasteiger partial charge in [-0.3, -0.25) is 9.78 Å². The van der Waals surface area contributed by atoms with Gasteiger partial charge in [0.05, 0.1) is 5.69 Å². The number of aryl methyl sites for hydroxylation is 2. The van der Waals surface area contributed by atoms with Crippen molar-refractivity contribution in [1.82, 2.24) is 9.88 Å². The summed E-state index contributed by atoms with van der Waals surface area (Å²) in [5.41, 5.74) is 4.94. The fourth-order valence-electron chi connectivity index (χ4n) is 5.22. The number of hydrogen-bond donors (Lipinski definition) is 0. The molecule has 1 saturated heterocycles. The van der Waals surface area contributed by atoms with E-state index in [1.165, 1.54) is 16.7 Å². The largest absolute Gasteiger partial charge is 1.00 e. The van der Waals surface area contributed by atoms with Gasteiger partial charge in [0.15, 0.2) is 0 Å². The first kappa shape index (κ1) is 28.1. The molecular weight excluding hydrogens is 595 g/mol. The quantitative estimate of drug-likeness (QED) is 0.366. The second-order valence-electron chi connectivity index (χ2n) is 8.93. The molecule has 34 heavy (non-hydrogen) atoms. The summed E-state index contributed by atoms with van der Waals surface area (Å²) in [6.07, 6.45) is 7.00. The van der Waals surface area contributed by atoms with Crippen LogP contribution in [0.2, 0.25) is 5.02 Å². The van der Waals surface area contributed by atoms with Crippen LogP contribution in [0.1, 0.15) is 66.8 Å². The van der Waals surface area contributed by atoms with Crippen LogP contribution in [0.3, 0.4) is 0 Å². The Balaban J connectivity index is 0.00000324. The van der Waals surface area contributed by atoms with Crippen molar-refractivity contribution in [1.29, 1.82) is 0 Å². The van der Waals surface area contributed by atoms with Crippen molar-refractivity contribution in [3.05, 3.63) is 60.7 Å². The fraction of sp³-hybridized carbons (Fsp3) is 0.480. The number of fused-ring (bicyclic) bond motifs is 2. The maximum absolute atomic E-state index is 12.6. The monoisotopic (exact) mass is 618 g/mol. The maximum Gasteiger partial charge on any atom is 1.00 e. The maximum atomic E-state index is 12.6. The predicted octanol–water partition coefficient (Wildman–Crippen LogP) is 2.04. The topological polar surface area (TPSA) is 73.3 Å². The standard InChI is InChI=1S/C25H27Br2ClN2O3.Na/c26-18-11-17-6-5-16-12-19(28)13-20(27)23(16)24(25(17)29-14-18)15-7-9-30(10-8-15)21(31)3-1-2-4-22(32)33;/h11-15,24H,1-10H2,(H,32,33);/q;+1/p-1/t24-;/m1./s1. The minimum Gasteiger partial charge on any atom is -0.550 e. The predicted molar refractivity (Wildman–Crippen MR) is 133 cm³/mol. The summed E-state index contributed by atoms with van der Waals surface area (Å²) in [6, 6.07) is 6.24. The average Bonchev–Trinajstić information content (AvgIpc) is 2.93. The summed E-state index contributed by atoms with van der Waals surface area (Å²) in [7, 11) is 0. The molecule has 1 atom stereocenters. The average molecular weight is 621 g/mol. The van der Waals surface area contributed by atoms with Gasteiger partial charge in [0.25, 0.3) is 0 Å². The van der Waals surface area contributed by atoms with E-state index >= 15 is 0 Å². The molecule has 2 aromatic rings. The first-order chi connectivity index (χ1) is 15.8. The number of amides is 1. The summed E-state index contributed by atoms with van der Waals surface area (Å²) < 4.78 is 2.01. The van der Waals surface area contributed by atoms with Crippen LogP contribution in [0, 0.1) is 5.92 Å². The van der Waals surface area contributed by atoms with Gasteiger partial charge >= 0.3 is 29.6 Å². The van der Waals surface area contributed by atoms with Crippen molar-refractivity contribution in [2.24, 2.45) is 5.92 Å². The van der Waals surface area contributed by atoms with Crippen LogP contribution in [0.5, 0.6) is 0 Å². The van der Waals surface area contributed by atoms with Gasteiger partial charge in [-0.1, -0.05) is 27.5 Å². The van der Waals surface area contributed by atoms with Gasteiger partial charge in [0.1, 0.15) is 0 Å². The molecule has 0 spiro atoms. The summed E-state index contributed by atoms with van der Waals surface area (Å²) in [5, 5.41) is 11.3. The molecule has 1 aliphatic heterocycles. The third-order valence-electron chi connectivity index (χ3n) is 6.80. The second-order valence-corrected chi connectivity index (χ2v) is 11.1. The van der Waals surface area contributed by atoms with E-state index in [2.05, 4.69) is 44.0 Å². The van der Waals surface area contributed by atoms with E-state index < -0.39 is 5.97 Å². The van der Waals surface area contributed by atoms with Crippen LogP contribution in [-0.2, 0) is 22.4 Å². The summed E-state index contributed by atoms with van der Waals surface area (Å²) >= 11 is 13.8. The molecule has 2 aliphatic rings. The first-order valence-electron chi connectivity index (χ1n) is 11.4. The number of rotatable bonds is 6. The third-order valence-corrected chi connectivity index (χ3v) is 8.11. The van der Waals surface area contributed by atoms with Gasteiger partial charge in [-0.05, 0) is 102 Å². The Bertz CT molecular complexity index is 1060. The van der Waals surface area contributed by atoms with Crippen LogP contribution >= 0.6 is 43.5 Å². The number of aromatic nitrogens is 1. The zero-order chi connectivity index (χ0) is 23.5. The van der Waals surface area contributed by atoms with E-state index in [0.717, 1.165) is 45.3 Å². The Morgan fingerprint density at radius 1 is 1.06 bits per heavy atom. The number of carboxylic acid groups (broad SMARTS) is 1. The molecule has 5 nitrogen and oxygen atoms in total. The number of aliphatic carboxylic acids is 1. The van der Waals surface area contributed by atoms with E-state index in [9.17, 15) is 14.7 Å². The van der Waals surface area contributed by atoms with Crippen LogP contribution < -0.4 is 34.7 Å². The van der Waals surface area contributed by atoms with E-state index in [0.29, 0.717) is 38.3 Å². The van der Waals surface area contributed by atoms with E-state index in [4.69, 9.17) is 16.6 Å². The number of piperidine rings is 1. The molecule has 0 radical (unpaired) electrons. The van der Waals surface area contributed by atoms with Crippen molar-refractivity contribution in [3.8, 4) is 0 Å². The Kier molecular flexibility index (Phi) is 10.5. The molecule has 9 heteroatoms. The number of halogens is 3. The Hall–Kier alpha value is -0.440. The van der Waals surface area contributed by atoms with Crippen molar-refractivity contribution in [2.75, 3.05) is 13.1 Å². The normalized spacial score (nSPS) is 17.9. The van der Waals surface area contributed by atoms with Crippen LogP contribution in [-0.4, -0.2) is 34.8 Å². The fourth-order valence-corrected chi connectivity index (χ4v) is 6.72. The number of carbonyl (C=O) groups excluding carboxylic acids is 2. The van der Waals surface area contributed by atoms with Crippen molar-refractivity contribution >= 4 is 55.3 Å². The number of pyridine rings is 1. The van der Waals surface area contributed by atoms with Crippen LogP contribution in [0.4, 0.5) is 0 Å². The zero-order valence-corrected chi connectivity index (χ0v) is 25.2. The summed E-state index contributed by atoms with van der Waals surface area (Å²) in [4.78, 5) is 30.0. The Labute approximate surface area is 244 Å². The molecule has 0 saturated carbocycles. The van der Waals surface area contributed by atoms with Gasteiger partial charge in [-0.2, -0.15) is 0 Å². The molecular formula is C25H26Br2ClN2NaO3. The Morgan fingerprint density at radius 3 is 2.44 bits per heavy atom. The van der Waals surface area contributed by atoms with E-state index in [1.54, 1.807) is 0 Å². The van der Waals surface area contributed by atoms with Gasteiger partial charge in [0.2, 0.25) is 5.91 Å². The minimum absolute atomic E-state index is 0. The van der Waals surface area contributed by atoms with Gasteiger partial charge in [-0.15, -0.1) is 0 Å². The van der Waals surface area contributed by atoms with Crippen molar-refractivity contribution in [2.45, 2.75) is 57.3 Å². The van der Waals surface area contributed by atoms with Gasteiger partial charge in [0, 0.05) is 51.6 Å². The number of nitrogens with zero attached hydrogens (tertiary/aromatic N) is 2. The smallest absolute Gasteiger partial charge is 0.550 e.